The Labute approximate surface area is 92.6 Å². The lowest BCUT2D eigenvalue weighted by Crippen LogP contribution is -2.07. The predicted molar refractivity (Wildman–Crippen MR) is 65.5 cm³/mol. The van der Waals surface area contributed by atoms with E-state index in [0.717, 1.165) is 26.2 Å². The van der Waals surface area contributed by atoms with Crippen molar-refractivity contribution in [3.8, 4) is 0 Å². The van der Waals surface area contributed by atoms with Gasteiger partial charge in [-0.15, -0.1) is 0 Å². The third-order valence-corrected chi connectivity index (χ3v) is 2.45. The molecule has 0 unspecified atom stereocenters. The van der Waals surface area contributed by atoms with Crippen molar-refractivity contribution >= 4 is 5.69 Å². The SMILES string of the molecule is CCOCCCNc1c(C)cccc1C. The predicted octanol–water partition coefficient (Wildman–Crippen LogP) is 3.14. The molecule has 0 saturated heterocycles. The molecule has 0 bridgehead atoms. The quantitative estimate of drug-likeness (QED) is 0.724. The van der Waals surface area contributed by atoms with E-state index in [9.17, 15) is 0 Å². The second kappa shape index (κ2) is 6.46. The van der Waals surface area contributed by atoms with Gasteiger partial charge in [0.15, 0.2) is 0 Å². The van der Waals surface area contributed by atoms with Gasteiger partial charge in [0.2, 0.25) is 0 Å². The molecule has 1 N–H and O–H groups in total. The number of para-hydroxylation sites is 1. The zero-order valence-electron chi connectivity index (χ0n) is 9.97. The highest BCUT2D eigenvalue weighted by Crippen LogP contribution is 2.18. The van der Waals surface area contributed by atoms with Gasteiger partial charge >= 0.3 is 0 Å². The highest BCUT2D eigenvalue weighted by atomic mass is 16.5. The molecule has 84 valence electrons. The van der Waals surface area contributed by atoms with E-state index in [1.807, 2.05) is 6.92 Å². The van der Waals surface area contributed by atoms with Gasteiger partial charge in [-0.3, -0.25) is 0 Å². The van der Waals surface area contributed by atoms with Crippen LogP contribution in [0, 0.1) is 13.8 Å². The fraction of sp³-hybridized carbons (Fsp3) is 0.538. The van der Waals surface area contributed by atoms with Crippen LogP contribution >= 0.6 is 0 Å². The highest BCUT2D eigenvalue weighted by molar-refractivity contribution is 5.56. The van der Waals surface area contributed by atoms with Crippen LogP contribution in [0.2, 0.25) is 0 Å². The summed E-state index contributed by atoms with van der Waals surface area (Å²) in [6.45, 7) is 8.93. The van der Waals surface area contributed by atoms with Crippen LogP contribution in [0.15, 0.2) is 18.2 Å². The third-order valence-electron chi connectivity index (χ3n) is 2.45. The van der Waals surface area contributed by atoms with E-state index in [1.54, 1.807) is 0 Å². The van der Waals surface area contributed by atoms with Gasteiger partial charge in [-0.1, -0.05) is 18.2 Å². The minimum Gasteiger partial charge on any atom is -0.385 e. The van der Waals surface area contributed by atoms with Gasteiger partial charge in [-0.05, 0) is 38.3 Å². The smallest absolute Gasteiger partial charge is 0.0482 e. The Morgan fingerprint density at radius 2 is 1.87 bits per heavy atom. The molecular formula is C13H21NO. The summed E-state index contributed by atoms with van der Waals surface area (Å²) in [5.41, 5.74) is 3.90. The van der Waals surface area contributed by atoms with E-state index in [4.69, 9.17) is 4.74 Å². The average Bonchev–Trinajstić information content (AvgIpc) is 2.21. The summed E-state index contributed by atoms with van der Waals surface area (Å²) in [7, 11) is 0. The van der Waals surface area contributed by atoms with Gasteiger partial charge in [0, 0.05) is 25.4 Å². The largest absolute Gasteiger partial charge is 0.385 e. The second-order valence-electron chi connectivity index (χ2n) is 3.74. The number of ether oxygens (including phenoxy) is 1. The standard InChI is InChI=1S/C13H21NO/c1-4-15-10-6-9-14-13-11(2)7-5-8-12(13)3/h5,7-8,14H,4,6,9-10H2,1-3H3. The maximum absolute atomic E-state index is 5.29. The summed E-state index contributed by atoms with van der Waals surface area (Å²) in [4.78, 5) is 0. The lowest BCUT2D eigenvalue weighted by molar-refractivity contribution is 0.147. The van der Waals surface area contributed by atoms with Crippen LogP contribution in [-0.4, -0.2) is 19.8 Å². The van der Waals surface area contributed by atoms with Crippen LogP contribution in [0.3, 0.4) is 0 Å². The van der Waals surface area contributed by atoms with Crippen molar-refractivity contribution in [3.63, 3.8) is 0 Å². The third kappa shape index (κ3) is 3.92. The molecule has 0 heterocycles. The van der Waals surface area contributed by atoms with E-state index in [1.165, 1.54) is 16.8 Å². The number of aryl methyl sites for hydroxylation is 2. The molecule has 0 amide bonds. The Morgan fingerprint density at radius 3 is 2.47 bits per heavy atom. The van der Waals surface area contributed by atoms with Crippen molar-refractivity contribution in [1.29, 1.82) is 0 Å². The molecule has 0 fully saturated rings. The molecule has 1 rings (SSSR count). The molecule has 0 aromatic heterocycles. The lowest BCUT2D eigenvalue weighted by Gasteiger charge is -2.12. The maximum atomic E-state index is 5.29. The van der Waals surface area contributed by atoms with Crippen molar-refractivity contribution in [1.82, 2.24) is 0 Å². The van der Waals surface area contributed by atoms with Gasteiger partial charge in [0.1, 0.15) is 0 Å². The van der Waals surface area contributed by atoms with Crippen LogP contribution in [0.25, 0.3) is 0 Å². The molecule has 1 aromatic rings. The van der Waals surface area contributed by atoms with E-state index in [2.05, 4.69) is 37.4 Å². The average molecular weight is 207 g/mol. The van der Waals surface area contributed by atoms with Crippen LogP contribution in [-0.2, 0) is 4.74 Å². The Kier molecular flexibility index (Phi) is 5.19. The molecule has 0 aliphatic rings. The normalized spacial score (nSPS) is 10.3. The Morgan fingerprint density at radius 1 is 1.20 bits per heavy atom. The molecule has 0 spiro atoms. The summed E-state index contributed by atoms with van der Waals surface area (Å²) in [5.74, 6) is 0. The zero-order chi connectivity index (χ0) is 11.1. The molecule has 0 atom stereocenters. The van der Waals surface area contributed by atoms with Gasteiger partial charge in [0.05, 0.1) is 0 Å². The van der Waals surface area contributed by atoms with E-state index in [-0.39, 0.29) is 0 Å². The topological polar surface area (TPSA) is 21.3 Å². The monoisotopic (exact) mass is 207 g/mol. The van der Waals surface area contributed by atoms with Crippen LogP contribution in [0.1, 0.15) is 24.5 Å². The van der Waals surface area contributed by atoms with E-state index >= 15 is 0 Å². The first-order chi connectivity index (χ1) is 7.25. The van der Waals surface area contributed by atoms with Gasteiger partial charge < -0.3 is 10.1 Å². The van der Waals surface area contributed by atoms with Gasteiger partial charge in [-0.2, -0.15) is 0 Å². The molecule has 0 saturated carbocycles. The highest BCUT2D eigenvalue weighted by Gasteiger charge is 1.99. The fourth-order valence-corrected chi connectivity index (χ4v) is 1.63. The van der Waals surface area contributed by atoms with Crippen LogP contribution in [0.5, 0.6) is 0 Å². The summed E-state index contributed by atoms with van der Waals surface area (Å²) in [6.07, 6.45) is 1.06. The minimum absolute atomic E-state index is 0.809. The second-order valence-corrected chi connectivity index (χ2v) is 3.74. The first-order valence-electron chi connectivity index (χ1n) is 5.63. The molecule has 0 radical (unpaired) electrons. The maximum Gasteiger partial charge on any atom is 0.0482 e. The van der Waals surface area contributed by atoms with Crippen molar-refractivity contribution in [2.75, 3.05) is 25.1 Å². The van der Waals surface area contributed by atoms with Crippen LogP contribution in [0.4, 0.5) is 5.69 Å². The number of anilines is 1. The summed E-state index contributed by atoms with van der Waals surface area (Å²) >= 11 is 0. The van der Waals surface area contributed by atoms with E-state index < -0.39 is 0 Å². The molecular weight excluding hydrogens is 186 g/mol. The van der Waals surface area contributed by atoms with Crippen molar-refractivity contribution in [2.24, 2.45) is 0 Å². The molecule has 0 aliphatic heterocycles. The number of rotatable bonds is 6. The first-order valence-corrected chi connectivity index (χ1v) is 5.63. The first kappa shape index (κ1) is 12.1. The number of hydrogen-bond acceptors (Lipinski definition) is 2. The summed E-state index contributed by atoms with van der Waals surface area (Å²) in [5, 5.41) is 3.46. The van der Waals surface area contributed by atoms with E-state index in [0.29, 0.717) is 0 Å². The molecule has 15 heavy (non-hydrogen) atoms. The summed E-state index contributed by atoms with van der Waals surface area (Å²) in [6, 6.07) is 6.37. The Bertz CT molecular complexity index is 276. The van der Waals surface area contributed by atoms with Crippen LogP contribution < -0.4 is 5.32 Å². The molecule has 0 aliphatic carbocycles. The molecule has 2 heteroatoms. The van der Waals surface area contributed by atoms with Crippen molar-refractivity contribution in [3.05, 3.63) is 29.3 Å². The fourth-order valence-electron chi connectivity index (χ4n) is 1.63. The van der Waals surface area contributed by atoms with Gasteiger partial charge in [0.25, 0.3) is 0 Å². The summed E-state index contributed by atoms with van der Waals surface area (Å²) < 4.78 is 5.29. The number of hydrogen-bond donors (Lipinski definition) is 1. The Hall–Kier alpha value is -1.02. The lowest BCUT2D eigenvalue weighted by atomic mass is 10.1. The van der Waals surface area contributed by atoms with Crippen molar-refractivity contribution < 1.29 is 4.74 Å². The molecule has 2 nitrogen and oxygen atoms in total. The zero-order valence-corrected chi connectivity index (χ0v) is 9.97. The van der Waals surface area contributed by atoms with Gasteiger partial charge in [-0.25, -0.2) is 0 Å². The number of benzene rings is 1. The van der Waals surface area contributed by atoms with Crippen molar-refractivity contribution in [2.45, 2.75) is 27.2 Å². The molecule has 1 aromatic carbocycles. The number of nitrogens with one attached hydrogen (secondary N) is 1. The minimum atomic E-state index is 0.809. The Balaban J connectivity index is 2.37.